The van der Waals surface area contributed by atoms with Crippen LogP contribution in [-0.4, -0.2) is 4.99 Å². The molecule has 4 heteroatoms. The van der Waals surface area contributed by atoms with Gasteiger partial charge in [-0.25, -0.2) is 4.39 Å². The minimum Gasteiger partial charge on any atom is -0.349 e. The summed E-state index contributed by atoms with van der Waals surface area (Å²) < 4.78 is 13.1. The van der Waals surface area contributed by atoms with E-state index < -0.39 is 5.92 Å². The molecule has 1 aliphatic heterocycles. The molecule has 0 radical (unpaired) electrons. The molecule has 0 amide bonds. The quantitative estimate of drug-likeness (QED) is 0.851. The lowest BCUT2D eigenvalue weighted by Gasteiger charge is -2.28. The summed E-state index contributed by atoms with van der Waals surface area (Å²) in [4.78, 5) is 0.498. The van der Waals surface area contributed by atoms with Crippen molar-refractivity contribution in [2.24, 2.45) is 5.92 Å². The molecule has 0 spiro atoms. The van der Waals surface area contributed by atoms with Crippen LogP contribution in [0.2, 0.25) is 0 Å². The van der Waals surface area contributed by atoms with Gasteiger partial charge in [0.2, 0.25) is 0 Å². The first-order valence-corrected chi connectivity index (χ1v) is 7.33. The minimum absolute atomic E-state index is 0.186. The van der Waals surface area contributed by atoms with Crippen LogP contribution in [0.1, 0.15) is 17.0 Å². The van der Waals surface area contributed by atoms with Gasteiger partial charge in [0.1, 0.15) is 11.7 Å². The Morgan fingerprint density at radius 1 is 1.05 bits per heavy atom. The maximum Gasteiger partial charge on any atom is 0.123 e. The van der Waals surface area contributed by atoms with Crippen molar-refractivity contribution < 1.29 is 4.39 Å². The summed E-state index contributed by atoms with van der Waals surface area (Å²) in [5.41, 5.74) is 2.77. The summed E-state index contributed by atoms with van der Waals surface area (Å²) in [6.07, 6.45) is 1.99. The molecule has 22 heavy (non-hydrogen) atoms. The molecular formula is C18H13FN2S. The second-order valence-electron chi connectivity index (χ2n) is 5.12. The molecule has 0 saturated carbocycles. The topological polar surface area (TPSA) is 35.8 Å². The number of nitriles is 1. The first-order valence-electron chi connectivity index (χ1n) is 6.92. The largest absolute Gasteiger partial charge is 0.349 e. The highest BCUT2D eigenvalue weighted by atomic mass is 32.1. The third-order valence-corrected chi connectivity index (χ3v) is 4.08. The normalized spacial score (nSPS) is 20.7. The molecular weight excluding hydrogens is 295 g/mol. The van der Waals surface area contributed by atoms with Crippen molar-refractivity contribution in [3.8, 4) is 6.07 Å². The van der Waals surface area contributed by atoms with Gasteiger partial charge in [0.05, 0.1) is 11.1 Å². The number of nitrogens with zero attached hydrogens (tertiary/aromatic N) is 1. The van der Waals surface area contributed by atoms with Crippen LogP contribution >= 0.6 is 12.2 Å². The van der Waals surface area contributed by atoms with E-state index in [0.717, 1.165) is 16.8 Å². The molecule has 0 bridgehead atoms. The lowest BCUT2D eigenvalue weighted by molar-refractivity contribution is 0.625. The molecule has 2 unspecified atom stereocenters. The summed E-state index contributed by atoms with van der Waals surface area (Å²) in [6, 6.07) is 18.3. The molecule has 0 saturated heterocycles. The van der Waals surface area contributed by atoms with Crippen LogP contribution in [0.5, 0.6) is 0 Å². The van der Waals surface area contributed by atoms with E-state index in [0.29, 0.717) is 4.99 Å². The molecule has 0 aromatic heterocycles. The number of thiocarbonyl (C=S) groups is 1. The monoisotopic (exact) mass is 308 g/mol. The molecule has 108 valence electrons. The fourth-order valence-corrected chi connectivity index (χ4v) is 2.90. The summed E-state index contributed by atoms with van der Waals surface area (Å²) >= 11 is 5.36. The van der Waals surface area contributed by atoms with Gasteiger partial charge in [-0.1, -0.05) is 60.8 Å². The zero-order valence-corrected chi connectivity index (χ0v) is 12.5. The number of rotatable bonds is 2. The highest BCUT2D eigenvalue weighted by Crippen LogP contribution is 2.33. The maximum absolute atomic E-state index is 13.1. The standard InChI is InChI=1S/C18H13FN2S/c19-14-8-6-12(7-9-14)15-10-17(13-4-2-1-3-5-13)21-18(22)16(15)11-20/h1-10,15-16H,(H,21,22). The molecule has 1 heterocycles. The zero-order valence-electron chi connectivity index (χ0n) is 11.7. The van der Waals surface area contributed by atoms with Gasteiger partial charge in [-0.3, -0.25) is 0 Å². The van der Waals surface area contributed by atoms with Gasteiger partial charge in [-0.15, -0.1) is 0 Å². The first-order chi connectivity index (χ1) is 10.7. The van der Waals surface area contributed by atoms with Crippen molar-refractivity contribution in [3.63, 3.8) is 0 Å². The predicted octanol–water partition coefficient (Wildman–Crippen LogP) is 4.02. The lowest BCUT2D eigenvalue weighted by atomic mass is 9.83. The number of nitrogens with one attached hydrogen (secondary N) is 1. The fraction of sp³-hybridized carbons (Fsp3) is 0.111. The number of hydrogen-bond acceptors (Lipinski definition) is 2. The highest BCUT2D eigenvalue weighted by Gasteiger charge is 2.30. The Morgan fingerprint density at radius 3 is 2.36 bits per heavy atom. The summed E-state index contributed by atoms with van der Waals surface area (Å²) in [5, 5.41) is 12.6. The average Bonchev–Trinajstić information content (AvgIpc) is 2.55. The van der Waals surface area contributed by atoms with E-state index in [1.54, 1.807) is 12.1 Å². The zero-order chi connectivity index (χ0) is 15.5. The van der Waals surface area contributed by atoms with Gasteiger partial charge >= 0.3 is 0 Å². The van der Waals surface area contributed by atoms with Crippen LogP contribution in [0.15, 0.2) is 60.7 Å². The SMILES string of the molecule is N#CC1C(=S)NC(c2ccccc2)=CC1c1ccc(F)cc1. The Hall–Kier alpha value is -2.51. The van der Waals surface area contributed by atoms with Gasteiger partial charge in [0, 0.05) is 11.6 Å². The van der Waals surface area contributed by atoms with Crippen LogP contribution in [0.4, 0.5) is 4.39 Å². The van der Waals surface area contributed by atoms with Crippen LogP contribution in [0, 0.1) is 23.1 Å². The van der Waals surface area contributed by atoms with Crippen molar-refractivity contribution >= 4 is 22.9 Å². The van der Waals surface area contributed by atoms with Crippen LogP contribution in [0.3, 0.4) is 0 Å². The van der Waals surface area contributed by atoms with E-state index in [1.807, 2.05) is 36.4 Å². The number of halogens is 1. The highest BCUT2D eigenvalue weighted by molar-refractivity contribution is 7.80. The van der Waals surface area contributed by atoms with Crippen molar-refractivity contribution in [2.45, 2.75) is 5.92 Å². The second-order valence-corrected chi connectivity index (χ2v) is 5.56. The van der Waals surface area contributed by atoms with Gasteiger partial charge < -0.3 is 5.32 Å². The number of benzene rings is 2. The molecule has 1 N–H and O–H groups in total. The van der Waals surface area contributed by atoms with Crippen LogP contribution < -0.4 is 5.32 Å². The first kappa shape index (κ1) is 14.4. The lowest BCUT2D eigenvalue weighted by Crippen LogP contribution is -2.35. The second kappa shape index (κ2) is 6.08. The summed E-state index contributed by atoms with van der Waals surface area (Å²) in [6.45, 7) is 0. The fourth-order valence-electron chi connectivity index (χ4n) is 2.59. The van der Waals surface area contributed by atoms with Crippen molar-refractivity contribution in [2.75, 3.05) is 0 Å². The molecule has 1 aliphatic rings. The third kappa shape index (κ3) is 2.76. The van der Waals surface area contributed by atoms with E-state index in [9.17, 15) is 9.65 Å². The molecule has 3 rings (SSSR count). The van der Waals surface area contributed by atoms with Gasteiger partial charge in [-0.05, 0) is 23.3 Å². The smallest absolute Gasteiger partial charge is 0.123 e. The molecule has 0 aliphatic carbocycles. The predicted molar refractivity (Wildman–Crippen MR) is 88.4 cm³/mol. The Kier molecular flexibility index (Phi) is 3.99. The van der Waals surface area contributed by atoms with Gasteiger partial charge in [-0.2, -0.15) is 5.26 Å². The summed E-state index contributed by atoms with van der Waals surface area (Å²) in [5.74, 6) is -0.927. The summed E-state index contributed by atoms with van der Waals surface area (Å²) in [7, 11) is 0. The Balaban J connectivity index is 2.05. The number of hydrogen-bond donors (Lipinski definition) is 1. The van der Waals surface area contributed by atoms with Gasteiger partial charge in [0.25, 0.3) is 0 Å². The van der Waals surface area contributed by atoms with Crippen molar-refractivity contribution in [1.82, 2.24) is 5.32 Å². The average molecular weight is 308 g/mol. The van der Waals surface area contributed by atoms with Crippen LogP contribution in [0.25, 0.3) is 5.70 Å². The van der Waals surface area contributed by atoms with E-state index >= 15 is 0 Å². The molecule has 2 atom stereocenters. The maximum atomic E-state index is 13.1. The molecule has 2 nitrogen and oxygen atoms in total. The van der Waals surface area contributed by atoms with E-state index in [1.165, 1.54) is 12.1 Å². The molecule has 2 aromatic carbocycles. The van der Waals surface area contributed by atoms with Crippen LogP contribution in [-0.2, 0) is 0 Å². The van der Waals surface area contributed by atoms with E-state index in [2.05, 4.69) is 11.4 Å². The van der Waals surface area contributed by atoms with Gasteiger partial charge in [0.15, 0.2) is 0 Å². The van der Waals surface area contributed by atoms with E-state index in [-0.39, 0.29) is 11.7 Å². The Bertz CT molecular complexity index is 760. The number of allylic oxidation sites excluding steroid dienone is 1. The Morgan fingerprint density at radius 2 is 1.73 bits per heavy atom. The van der Waals surface area contributed by atoms with E-state index in [4.69, 9.17) is 12.2 Å². The van der Waals surface area contributed by atoms with Crippen molar-refractivity contribution in [1.29, 1.82) is 5.26 Å². The molecule has 2 aromatic rings. The van der Waals surface area contributed by atoms with Crippen molar-refractivity contribution in [3.05, 3.63) is 77.6 Å². The Labute approximate surface area is 133 Å². The molecule has 0 fully saturated rings. The third-order valence-electron chi connectivity index (χ3n) is 3.72. The minimum atomic E-state index is -0.451.